The van der Waals surface area contributed by atoms with Crippen LogP contribution in [-0.4, -0.2) is 18.8 Å². The zero-order chi connectivity index (χ0) is 15.1. The van der Waals surface area contributed by atoms with Crippen molar-refractivity contribution in [1.29, 1.82) is 0 Å². The van der Waals surface area contributed by atoms with E-state index < -0.39 is 0 Å². The second kappa shape index (κ2) is 5.38. The molecular formula is C18H24O3. The molecule has 0 aromatic heterocycles. The summed E-state index contributed by atoms with van der Waals surface area (Å²) in [7, 11) is 1.58. The molecule has 3 rings (SSSR count). The van der Waals surface area contributed by atoms with Crippen molar-refractivity contribution in [2.75, 3.05) is 13.7 Å². The van der Waals surface area contributed by atoms with E-state index in [1.54, 1.807) is 13.2 Å². The molecule has 1 fully saturated rings. The summed E-state index contributed by atoms with van der Waals surface area (Å²) < 4.78 is 11.4. The summed E-state index contributed by atoms with van der Waals surface area (Å²) in [5, 5.41) is 9.77. The number of hydrogen-bond acceptors (Lipinski definition) is 3. The molecule has 0 saturated carbocycles. The van der Waals surface area contributed by atoms with Crippen molar-refractivity contribution in [3.63, 3.8) is 0 Å². The zero-order valence-corrected chi connectivity index (χ0v) is 13.2. The third-order valence-corrected chi connectivity index (χ3v) is 5.30. The maximum absolute atomic E-state index is 9.77. The van der Waals surface area contributed by atoms with E-state index in [4.69, 9.17) is 9.47 Å². The van der Waals surface area contributed by atoms with Gasteiger partial charge in [-0.3, -0.25) is 0 Å². The van der Waals surface area contributed by atoms with Crippen LogP contribution in [-0.2, 0) is 4.74 Å². The Kier molecular flexibility index (Phi) is 3.70. The van der Waals surface area contributed by atoms with Gasteiger partial charge in [0, 0.05) is 5.92 Å². The standard InChI is InChI=1S/C18H24O3/c1-10-7-11(2)17-12(3)14(10)9-21-18(17)13-5-6-15(19)16(8-13)20-4/h5-8,10,12,14,17-19H,9H2,1-4H3/t10-,12+,14-,17-,18-/m1/s1. The molecule has 3 heteroatoms. The second-order valence-corrected chi connectivity index (χ2v) is 6.50. The summed E-state index contributed by atoms with van der Waals surface area (Å²) >= 11 is 0. The lowest BCUT2D eigenvalue weighted by molar-refractivity contribution is -0.0935. The van der Waals surface area contributed by atoms with Crippen molar-refractivity contribution in [2.24, 2.45) is 23.7 Å². The zero-order valence-electron chi connectivity index (χ0n) is 13.2. The Balaban J connectivity index is 1.98. The molecule has 5 atom stereocenters. The molecule has 1 aromatic rings. The Labute approximate surface area is 126 Å². The topological polar surface area (TPSA) is 38.7 Å². The molecule has 1 saturated heterocycles. The largest absolute Gasteiger partial charge is 0.504 e. The lowest BCUT2D eigenvalue weighted by Crippen LogP contribution is -2.42. The number of methoxy groups -OCH3 is 1. The minimum atomic E-state index is 0.0505. The Morgan fingerprint density at radius 2 is 2.05 bits per heavy atom. The highest BCUT2D eigenvalue weighted by Gasteiger charge is 2.43. The van der Waals surface area contributed by atoms with Crippen molar-refractivity contribution in [1.82, 2.24) is 0 Å². The Morgan fingerprint density at radius 3 is 2.76 bits per heavy atom. The summed E-state index contributed by atoms with van der Waals surface area (Å²) in [6.45, 7) is 7.65. The van der Waals surface area contributed by atoms with E-state index in [0.29, 0.717) is 29.4 Å². The predicted octanol–water partition coefficient (Wildman–Crippen LogP) is 3.94. The van der Waals surface area contributed by atoms with Gasteiger partial charge in [0.15, 0.2) is 11.5 Å². The van der Waals surface area contributed by atoms with Gasteiger partial charge in [-0.15, -0.1) is 0 Å². The lowest BCUT2D eigenvalue weighted by Gasteiger charge is -2.47. The molecule has 1 aliphatic heterocycles. The quantitative estimate of drug-likeness (QED) is 0.838. The van der Waals surface area contributed by atoms with Crippen molar-refractivity contribution in [3.8, 4) is 11.5 Å². The molecule has 0 spiro atoms. The van der Waals surface area contributed by atoms with E-state index in [2.05, 4.69) is 26.8 Å². The van der Waals surface area contributed by atoms with Gasteiger partial charge in [-0.2, -0.15) is 0 Å². The highest BCUT2D eigenvalue weighted by Crippen LogP contribution is 2.50. The number of fused-ring (bicyclic) bond motifs is 2. The van der Waals surface area contributed by atoms with Gasteiger partial charge < -0.3 is 14.6 Å². The minimum absolute atomic E-state index is 0.0505. The van der Waals surface area contributed by atoms with Crippen LogP contribution in [0.4, 0.5) is 0 Å². The molecule has 0 amide bonds. The normalized spacial score (nSPS) is 35.2. The number of phenols is 1. The molecule has 1 heterocycles. The highest BCUT2D eigenvalue weighted by atomic mass is 16.5. The van der Waals surface area contributed by atoms with Crippen LogP contribution in [0.25, 0.3) is 0 Å². The third-order valence-electron chi connectivity index (χ3n) is 5.30. The van der Waals surface area contributed by atoms with Crippen molar-refractivity contribution >= 4 is 0 Å². The van der Waals surface area contributed by atoms with Crippen LogP contribution in [0.2, 0.25) is 0 Å². The van der Waals surface area contributed by atoms with Gasteiger partial charge in [0.1, 0.15) is 0 Å². The fourth-order valence-corrected chi connectivity index (χ4v) is 4.12. The second-order valence-electron chi connectivity index (χ2n) is 6.50. The van der Waals surface area contributed by atoms with Gasteiger partial charge in [0.05, 0.1) is 19.8 Å². The smallest absolute Gasteiger partial charge is 0.160 e. The summed E-state index contributed by atoms with van der Waals surface area (Å²) in [5.74, 6) is 2.91. The van der Waals surface area contributed by atoms with Crippen LogP contribution < -0.4 is 4.74 Å². The monoisotopic (exact) mass is 288 g/mol. The molecule has 0 unspecified atom stereocenters. The molecule has 1 N–H and O–H groups in total. The van der Waals surface area contributed by atoms with Gasteiger partial charge in [-0.05, 0) is 42.4 Å². The number of allylic oxidation sites excluding steroid dienone is 1. The first kappa shape index (κ1) is 14.5. The third kappa shape index (κ3) is 2.34. The first-order valence-electron chi connectivity index (χ1n) is 7.69. The SMILES string of the molecule is COc1cc([C@H]2OC[C@H]3[C@H](C)[C@H]2C(C)=C[C@H]3C)ccc1O. The number of aromatic hydroxyl groups is 1. The Morgan fingerprint density at radius 1 is 1.29 bits per heavy atom. The molecule has 2 aliphatic rings. The first-order chi connectivity index (χ1) is 10.0. The van der Waals surface area contributed by atoms with Gasteiger partial charge in [0.2, 0.25) is 0 Å². The number of phenolic OH excluding ortho intramolecular Hbond substituents is 1. The van der Waals surface area contributed by atoms with Crippen molar-refractivity contribution in [3.05, 3.63) is 35.4 Å². The van der Waals surface area contributed by atoms with Gasteiger partial charge in [-0.1, -0.05) is 31.6 Å². The molecule has 3 nitrogen and oxygen atoms in total. The molecule has 114 valence electrons. The fourth-order valence-electron chi connectivity index (χ4n) is 4.12. The average Bonchev–Trinajstić information content (AvgIpc) is 2.45. The van der Waals surface area contributed by atoms with Crippen molar-refractivity contribution < 1.29 is 14.6 Å². The molecule has 21 heavy (non-hydrogen) atoms. The Hall–Kier alpha value is -1.48. The number of benzene rings is 1. The lowest BCUT2D eigenvalue weighted by atomic mass is 9.64. The predicted molar refractivity (Wildman–Crippen MR) is 82.4 cm³/mol. The van der Waals surface area contributed by atoms with Gasteiger partial charge >= 0.3 is 0 Å². The summed E-state index contributed by atoms with van der Waals surface area (Å²) in [6, 6.07) is 5.54. The van der Waals surface area contributed by atoms with Gasteiger partial charge in [-0.25, -0.2) is 0 Å². The number of hydrogen-bond donors (Lipinski definition) is 1. The van der Waals surface area contributed by atoms with E-state index in [9.17, 15) is 5.11 Å². The van der Waals surface area contributed by atoms with Gasteiger partial charge in [0.25, 0.3) is 0 Å². The van der Waals surface area contributed by atoms with E-state index in [1.165, 1.54) is 5.57 Å². The average molecular weight is 288 g/mol. The summed E-state index contributed by atoms with van der Waals surface area (Å²) in [6.07, 6.45) is 2.46. The summed E-state index contributed by atoms with van der Waals surface area (Å²) in [5.41, 5.74) is 2.50. The molecule has 0 radical (unpaired) electrons. The van der Waals surface area contributed by atoms with Crippen LogP contribution in [0.5, 0.6) is 11.5 Å². The highest BCUT2D eigenvalue weighted by molar-refractivity contribution is 5.43. The van der Waals surface area contributed by atoms with E-state index in [-0.39, 0.29) is 11.9 Å². The van der Waals surface area contributed by atoms with E-state index in [0.717, 1.165) is 12.2 Å². The van der Waals surface area contributed by atoms with E-state index in [1.807, 2.05) is 12.1 Å². The summed E-state index contributed by atoms with van der Waals surface area (Å²) in [4.78, 5) is 0. The van der Waals surface area contributed by atoms with Crippen LogP contribution in [0.15, 0.2) is 29.8 Å². The van der Waals surface area contributed by atoms with E-state index >= 15 is 0 Å². The minimum Gasteiger partial charge on any atom is -0.504 e. The van der Waals surface area contributed by atoms with Crippen LogP contribution >= 0.6 is 0 Å². The molecule has 1 aliphatic carbocycles. The molecular weight excluding hydrogens is 264 g/mol. The maximum Gasteiger partial charge on any atom is 0.160 e. The van der Waals surface area contributed by atoms with Crippen molar-refractivity contribution in [2.45, 2.75) is 26.9 Å². The molecule has 1 aromatic carbocycles. The Bertz CT molecular complexity index is 564. The van der Waals surface area contributed by atoms with Crippen LogP contribution in [0.1, 0.15) is 32.4 Å². The first-order valence-corrected chi connectivity index (χ1v) is 7.69. The number of rotatable bonds is 2. The van der Waals surface area contributed by atoms with Crippen LogP contribution in [0.3, 0.4) is 0 Å². The number of ether oxygens (including phenoxy) is 2. The molecule has 2 bridgehead atoms. The van der Waals surface area contributed by atoms with Crippen LogP contribution in [0, 0.1) is 23.7 Å². The fraction of sp³-hybridized carbons (Fsp3) is 0.556. The maximum atomic E-state index is 9.77.